The summed E-state index contributed by atoms with van der Waals surface area (Å²) in [6.45, 7) is 5.12. The quantitative estimate of drug-likeness (QED) is 0.705. The number of benzene rings is 1. The average molecular weight is 397 g/mol. The number of aryl methyl sites for hydroxylation is 2. The van der Waals surface area contributed by atoms with Crippen molar-refractivity contribution in [3.05, 3.63) is 34.9 Å². The lowest BCUT2D eigenvalue weighted by molar-refractivity contribution is -0.911. The summed E-state index contributed by atoms with van der Waals surface area (Å²) >= 11 is 0. The first kappa shape index (κ1) is 18.6. The van der Waals surface area contributed by atoms with Crippen molar-refractivity contribution in [2.45, 2.75) is 44.6 Å². The van der Waals surface area contributed by atoms with Crippen molar-refractivity contribution in [3.63, 3.8) is 0 Å². The standard InChI is InChI=1S/C22H28N4O3/c1-22(18-8-7-15-3-2-4-17(15)13-18)20(28)26(21(29)23-22)14-24-9-11-25(12-10-24)19(27)16-5-6-16/h7-8,13,16H,2-6,9-12,14H2,1H3,(H,23,29)/p+1/t22-/m0/s1. The molecule has 2 saturated heterocycles. The van der Waals surface area contributed by atoms with E-state index in [1.165, 1.54) is 20.9 Å². The van der Waals surface area contributed by atoms with E-state index in [1.54, 1.807) is 0 Å². The van der Waals surface area contributed by atoms with E-state index in [9.17, 15) is 14.4 Å². The Morgan fingerprint density at radius 1 is 1.17 bits per heavy atom. The lowest BCUT2D eigenvalue weighted by atomic mass is 9.90. The molecule has 1 aromatic carbocycles. The zero-order valence-electron chi connectivity index (χ0n) is 17.0. The molecule has 3 fully saturated rings. The summed E-state index contributed by atoms with van der Waals surface area (Å²) < 4.78 is 0. The van der Waals surface area contributed by atoms with Gasteiger partial charge in [-0.05, 0) is 55.7 Å². The van der Waals surface area contributed by atoms with E-state index in [4.69, 9.17) is 0 Å². The summed E-state index contributed by atoms with van der Waals surface area (Å²) in [5.74, 6) is 0.350. The van der Waals surface area contributed by atoms with Crippen LogP contribution in [0.25, 0.3) is 0 Å². The van der Waals surface area contributed by atoms with Crippen LogP contribution in [0.5, 0.6) is 0 Å². The van der Waals surface area contributed by atoms with Crippen molar-refractivity contribution in [3.8, 4) is 0 Å². The highest BCUT2D eigenvalue weighted by atomic mass is 16.2. The summed E-state index contributed by atoms with van der Waals surface area (Å²) in [5.41, 5.74) is 2.52. The molecule has 1 aromatic rings. The van der Waals surface area contributed by atoms with Gasteiger partial charge in [-0.2, -0.15) is 0 Å². The second kappa shape index (κ2) is 6.83. The van der Waals surface area contributed by atoms with Crippen LogP contribution in [0.1, 0.15) is 42.9 Å². The van der Waals surface area contributed by atoms with E-state index in [-0.39, 0.29) is 23.8 Å². The molecule has 4 amide bonds. The number of amides is 4. The number of carbonyl (C=O) groups is 3. The molecule has 4 aliphatic rings. The van der Waals surface area contributed by atoms with E-state index in [0.717, 1.165) is 50.8 Å². The molecule has 7 heteroatoms. The molecule has 0 spiro atoms. The third kappa shape index (κ3) is 3.21. The summed E-state index contributed by atoms with van der Waals surface area (Å²) in [6, 6.07) is 5.87. The molecule has 2 heterocycles. The van der Waals surface area contributed by atoms with Crippen molar-refractivity contribution < 1.29 is 19.3 Å². The molecule has 29 heavy (non-hydrogen) atoms. The van der Waals surface area contributed by atoms with Crippen molar-refractivity contribution in [1.29, 1.82) is 0 Å². The van der Waals surface area contributed by atoms with Crippen LogP contribution in [-0.4, -0.2) is 60.5 Å². The number of hydrogen-bond acceptors (Lipinski definition) is 3. The summed E-state index contributed by atoms with van der Waals surface area (Å²) in [6.07, 6.45) is 5.34. The number of fused-ring (bicyclic) bond motifs is 1. The van der Waals surface area contributed by atoms with Crippen LogP contribution >= 0.6 is 0 Å². The highest BCUT2D eigenvalue weighted by molar-refractivity contribution is 6.07. The van der Waals surface area contributed by atoms with E-state index in [1.807, 2.05) is 17.9 Å². The molecule has 5 rings (SSSR count). The Morgan fingerprint density at radius 2 is 1.90 bits per heavy atom. The Morgan fingerprint density at radius 3 is 2.62 bits per heavy atom. The zero-order valence-corrected chi connectivity index (χ0v) is 17.0. The first-order valence-corrected chi connectivity index (χ1v) is 10.8. The molecule has 2 aliphatic heterocycles. The normalized spacial score (nSPS) is 27.3. The molecule has 154 valence electrons. The van der Waals surface area contributed by atoms with Crippen LogP contribution in [0.4, 0.5) is 4.79 Å². The molecule has 0 unspecified atom stereocenters. The topological polar surface area (TPSA) is 74.2 Å². The van der Waals surface area contributed by atoms with Gasteiger partial charge < -0.3 is 15.1 Å². The number of piperazine rings is 1. The number of quaternary nitrogens is 1. The Bertz CT molecular complexity index is 873. The number of rotatable bonds is 4. The fourth-order valence-corrected chi connectivity index (χ4v) is 4.93. The van der Waals surface area contributed by atoms with Gasteiger partial charge in [0.2, 0.25) is 5.91 Å². The predicted octanol–water partition coefficient (Wildman–Crippen LogP) is 0.0369. The predicted molar refractivity (Wildman–Crippen MR) is 106 cm³/mol. The molecule has 2 N–H and O–H groups in total. The van der Waals surface area contributed by atoms with Crippen LogP contribution in [-0.2, 0) is 28.0 Å². The lowest BCUT2D eigenvalue weighted by Crippen LogP contribution is -3.16. The smallest absolute Gasteiger partial charge is 0.329 e. The van der Waals surface area contributed by atoms with Gasteiger partial charge >= 0.3 is 6.03 Å². The fraction of sp³-hybridized carbons (Fsp3) is 0.591. The SMILES string of the molecule is C[C@@]1(c2ccc3c(c2)CCC3)NC(=O)N(C[NH+]2CCN(C(=O)C3CC3)CC2)C1=O. The van der Waals surface area contributed by atoms with Gasteiger partial charge in [-0.15, -0.1) is 0 Å². The van der Waals surface area contributed by atoms with E-state index >= 15 is 0 Å². The van der Waals surface area contributed by atoms with Gasteiger partial charge in [-0.1, -0.05) is 18.2 Å². The molecule has 0 bridgehead atoms. The second-order valence-corrected chi connectivity index (χ2v) is 9.13. The highest BCUT2D eigenvalue weighted by Gasteiger charge is 2.50. The fourth-order valence-electron chi connectivity index (χ4n) is 4.93. The van der Waals surface area contributed by atoms with Crippen LogP contribution in [0.2, 0.25) is 0 Å². The van der Waals surface area contributed by atoms with Gasteiger partial charge in [0, 0.05) is 5.92 Å². The number of urea groups is 1. The Labute approximate surface area is 171 Å². The number of carbonyl (C=O) groups excluding carboxylic acids is 3. The number of nitrogens with one attached hydrogen (secondary N) is 2. The minimum Gasteiger partial charge on any atom is -0.331 e. The minimum atomic E-state index is -1.00. The van der Waals surface area contributed by atoms with Gasteiger partial charge in [0.15, 0.2) is 6.67 Å². The van der Waals surface area contributed by atoms with Crippen molar-refractivity contribution in [1.82, 2.24) is 15.1 Å². The molecule has 1 saturated carbocycles. The Hall–Kier alpha value is -2.41. The Balaban J connectivity index is 1.25. The minimum absolute atomic E-state index is 0.176. The Kier molecular flexibility index (Phi) is 4.38. The third-order valence-corrected chi connectivity index (χ3v) is 7.04. The molecule has 2 aliphatic carbocycles. The molecule has 0 aromatic heterocycles. The van der Waals surface area contributed by atoms with Gasteiger partial charge in [0.1, 0.15) is 5.54 Å². The molecular formula is C22H29N4O3+. The molecular weight excluding hydrogens is 368 g/mol. The van der Waals surface area contributed by atoms with Crippen LogP contribution in [0, 0.1) is 5.92 Å². The highest BCUT2D eigenvalue weighted by Crippen LogP contribution is 2.32. The van der Waals surface area contributed by atoms with E-state index in [2.05, 4.69) is 17.4 Å². The maximum atomic E-state index is 13.2. The summed E-state index contributed by atoms with van der Waals surface area (Å²) in [4.78, 5) is 42.6. The zero-order chi connectivity index (χ0) is 20.2. The molecule has 1 atom stereocenters. The second-order valence-electron chi connectivity index (χ2n) is 9.13. The van der Waals surface area contributed by atoms with E-state index in [0.29, 0.717) is 19.8 Å². The van der Waals surface area contributed by atoms with Gasteiger partial charge in [0.25, 0.3) is 5.91 Å². The van der Waals surface area contributed by atoms with Crippen LogP contribution in [0.3, 0.4) is 0 Å². The first-order chi connectivity index (χ1) is 14.0. The van der Waals surface area contributed by atoms with E-state index < -0.39 is 5.54 Å². The maximum Gasteiger partial charge on any atom is 0.329 e. The summed E-state index contributed by atoms with van der Waals surface area (Å²) in [5, 5.41) is 2.94. The summed E-state index contributed by atoms with van der Waals surface area (Å²) in [7, 11) is 0. The molecule has 7 nitrogen and oxygen atoms in total. The maximum absolute atomic E-state index is 13.2. The van der Waals surface area contributed by atoms with Crippen LogP contribution in [0.15, 0.2) is 18.2 Å². The monoisotopic (exact) mass is 397 g/mol. The van der Waals surface area contributed by atoms with Crippen LogP contribution < -0.4 is 10.2 Å². The average Bonchev–Trinajstić information content (AvgIpc) is 3.43. The number of nitrogens with zero attached hydrogens (tertiary/aromatic N) is 2. The molecule has 0 radical (unpaired) electrons. The van der Waals surface area contributed by atoms with Gasteiger partial charge in [-0.25, -0.2) is 9.69 Å². The third-order valence-electron chi connectivity index (χ3n) is 7.04. The van der Waals surface area contributed by atoms with Crippen molar-refractivity contribution >= 4 is 17.8 Å². The lowest BCUT2D eigenvalue weighted by Gasteiger charge is -2.33. The van der Waals surface area contributed by atoms with Gasteiger partial charge in [-0.3, -0.25) is 9.59 Å². The largest absolute Gasteiger partial charge is 0.331 e. The number of imide groups is 1. The van der Waals surface area contributed by atoms with Crippen molar-refractivity contribution in [2.24, 2.45) is 5.92 Å². The van der Waals surface area contributed by atoms with Crippen molar-refractivity contribution in [2.75, 3.05) is 32.8 Å². The number of hydrogen-bond donors (Lipinski definition) is 2. The van der Waals surface area contributed by atoms with Gasteiger partial charge in [0.05, 0.1) is 26.2 Å². The first-order valence-electron chi connectivity index (χ1n) is 10.8.